The van der Waals surface area contributed by atoms with E-state index in [9.17, 15) is 23.5 Å². The molecular formula is C18H29F2NO5. The quantitative estimate of drug-likeness (QED) is 0.440. The molecule has 0 aliphatic carbocycles. The first-order chi connectivity index (χ1) is 12.4. The van der Waals surface area contributed by atoms with Gasteiger partial charge in [0, 0.05) is 25.3 Å². The molecule has 0 saturated carbocycles. The number of carbonyl (C=O) groups excluding carboxylic acids is 2. The van der Waals surface area contributed by atoms with E-state index < -0.39 is 42.7 Å². The van der Waals surface area contributed by atoms with Crippen molar-refractivity contribution in [3.05, 3.63) is 12.7 Å². The Morgan fingerprint density at radius 1 is 1.19 bits per heavy atom. The number of halogens is 2. The van der Waals surface area contributed by atoms with E-state index >= 15 is 0 Å². The summed E-state index contributed by atoms with van der Waals surface area (Å²) >= 11 is 0. The van der Waals surface area contributed by atoms with Crippen LogP contribution in [-0.2, 0) is 19.1 Å². The summed E-state index contributed by atoms with van der Waals surface area (Å²) in [4.78, 5) is 26.1. The van der Waals surface area contributed by atoms with Crippen LogP contribution in [-0.4, -0.2) is 59.9 Å². The maximum absolute atomic E-state index is 13.7. The number of carbonyl (C=O) groups is 2. The van der Waals surface area contributed by atoms with Crippen molar-refractivity contribution in [3.8, 4) is 0 Å². The van der Waals surface area contributed by atoms with E-state index in [-0.39, 0.29) is 32.4 Å². The van der Waals surface area contributed by atoms with Crippen molar-refractivity contribution < 1.29 is 33.0 Å². The highest BCUT2D eigenvalue weighted by molar-refractivity contribution is 5.82. The van der Waals surface area contributed by atoms with Crippen molar-refractivity contribution in [2.75, 3.05) is 13.2 Å². The van der Waals surface area contributed by atoms with Gasteiger partial charge in [-0.2, -0.15) is 0 Å². The number of nitrogens with zero attached hydrogens (tertiary/aromatic N) is 1. The lowest BCUT2D eigenvalue weighted by Gasteiger charge is -2.28. The molecule has 1 N–H and O–H groups in total. The van der Waals surface area contributed by atoms with Crippen LogP contribution in [0.25, 0.3) is 0 Å². The number of ether oxygens (including phenoxy) is 2. The number of hydrogen-bond donors (Lipinski definition) is 1. The second kappa shape index (κ2) is 11.2. The van der Waals surface area contributed by atoms with Gasteiger partial charge in [-0.25, -0.2) is 8.78 Å². The van der Waals surface area contributed by atoms with Gasteiger partial charge in [0.2, 0.25) is 12.7 Å². The minimum Gasteiger partial charge on any atom is -0.430 e. The van der Waals surface area contributed by atoms with E-state index in [1.807, 2.05) is 0 Å². The van der Waals surface area contributed by atoms with Crippen molar-refractivity contribution >= 4 is 11.9 Å². The summed E-state index contributed by atoms with van der Waals surface area (Å²) in [5, 5.41) is 9.30. The lowest BCUT2D eigenvalue weighted by Crippen LogP contribution is -2.48. The number of likely N-dealkylation sites (tertiary alicyclic amines) is 1. The van der Waals surface area contributed by atoms with Gasteiger partial charge >= 0.3 is 11.9 Å². The van der Waals surface area contributed by atoms with Gasteiger partial charge in [0.25, 0.3) is 0 Å². The predicted molar refractivity (Wildman–Crippen MR) is 91.5 cm³/mol. The Bertz CT molecular complexity index is 476. The van der Waals surface area contributed by atoms with Gasteiger partial charge in [0.1, 0.15) is 12.1 Å². The third kappa shape index (κ3) is 6.02. The van der Waals surface area contributed by atoms with Crippen molar-refractivity contribution in [3.63, 3.8) is 0 Å². The SMILES string of the molecule is C=C[C@@H]1C[C@H](C(=O)OC(F)CCC)N(CCO)[C@H]1C(=O)OC(F)CCC. The smallest absolute Gasteiger partial charge is 0.326 e. The number of hydrogen-bond acceptors (Lipinski definition) is 6. The first kappa shape index (κ1) is 22.5. The second-order valence-electron chi connectivity index (χ2n) is 6.33. The highest BCUT2D eigenvalue weighted by Crippen LogP contribution is 2.33. The van der Waals surface area contributed by atoms with Gasteiger partial charge in [0.05, 0.1) is 6.61 Å². The van der Waals surface area contributed by atoms with Crippen LogP contribution in [0.5, 0.6) is 0 Å². The van der Waals surface area contributed by atoms with Crippen LogP contribution in [0, 0.1) is 5.92 Å². The molecule has 0 radical (unpaired) electrons. The fourth-order valence-electron chi connectivity index (χ4n) is 3.11. The summed E-state index contributed by atoms with van der Waals surface area (Å²) in [7, 11) is 0. The number of aliphatic hydroxyl groups is 1. The van der Waals surface area contributed by atoms with Gasteiger partial charge < -0.3 is 14.6 Å². The van der Waals surface area contributed by atoms with Gasteiger partial charge in [-0.15, -0.1) is 6.58 Å². The number of alkyl halides is 2. The minimum atomic E-state index is -1.74. The fraction of sp³-hybridized carbons (Fsp3) is 0.778. The highest BCUT2D eigenvalue weighted by atomic mass is 19.1. The molecule has 0 bridgehead atoms. The summed E-state index contributed by atoms with van der Waals surface area (Å²) in [6.07, 6.45) is -0.649. The first-order valence-corrected chi connectivity index (χ1v) is 9.07. The number of β-amino-alcohol motifs (C(OH)–C–C–N with tert-alkyl or cyclic N) is 1. The van der Waals surface area contributed by atoms with Gasteiger partial charge in [-0.3, -0.25) is 14.5 Å². The molecular weight excluding hydrogens is 348 g/mol. The molecule has 1 fully saturated rings. The van der Waals surface area contributed by atoms with Crippen LogP contribution in [0.1, 0.15) is 46.0 Å². The van der Waals surface area contributed by atoms with Crippen molar-refractivity contribution in [1.82, 2.24) is 4.90 Å². The molecule has 1 aliphatic rings. The normalized spacial score (nSPS) is 25.5. The zero-order chi connectivity index (χ0) is 19.7. The van der Waals surface area contributed by atoms with Crippen LogP contribution in [0.15, 0.2) is 12.7 Å². The molecule has 1 rings (SSSR count). The molecule has 0 amide bonds. The van der Waals surface area contributed by atoms with E-state index in [0.717, 1.165) is 0 Å². The topological polar surface area (TPSA) is 76.1 Å². The molecule has 1 aliphatic heterocycles. The summed E-state index contributed by atoms with van der Waals surface area (Å²) in [5.74, 6) is -2.14. The molecule has 0 aromatic heterocycles. The molecule has 0 aromatic carbocycles. The van der Waals surface area contributed by atoms with Crippen molar-refractivity contribution in [1.29, 1.82) is 0 Å². The third-order valence-electron chi connectivity index (χ3n) is 4.35. The van der Waals surface area contributed by atoms with Crippen molar-refractivity contribution in [2.45, 2.75) is 70.8 Å². The Kier molecular flexibility index (Phi) is 9.72. The zero-order valence-corrected chi connectivity index (χ0v) is 15.4. The first-order valence-electron chi connectivity index (χ1n) is 9.07. The van der Waals surface area contributed by atoms with Crippen LogP contribution >= 0.6 is 0 Å². The Labute approximate surface area is 153 Å². The summed E-state index contributed by atoms with van der Waals surface area (Å²) < 4.78 is 37.0. The second-order valence-corrected chi connectivity index (χ2v) is 6.33. The number of esters is 2. The number of rotatable bonds is 11. The van der Waals surface area contributed by atoms with E-state index in [1.165, 1.54) is 11.0 Å². The molecule has 2 unspecified atom stereocenters. The van der Waals surface area contributed by atoms with Crippen LogP contribution in [0.3, 0.4) is 0 Å². The van der Waals surface area contributed by atoms with Crippen LogP contribution in [0.2, 0.25) is 0 Å². The number of aliphatic hydroxyl groups excluding tert-OH is 1. The standard InChI is InChI=1S/C18H29F2NO5/c1-4-7-14(19)25-17(23)13-11-12(6-3)16(21(13)9-10-22)18(24)26-15(20)8-5-2/h6,12-16,22H,3-5,7-11H2,1-2H3/t12-,13-,14?,15?,16-/m1/s1. The molecule has 26 heavy (non-hydrogen) atoms. The maximum Gasteiger partial charge on any atom is 0.326 e. The van der Waals surface area contributed by atoms with E-state index in [0.29, 0.717) is 12.8 Å². The van der Waals surface area contributed by atoms with Gasteiger partial charge in [-0.05, 0) is 19.3 Å². The molecule has 0 aromatic rings. The molecule has 1 saturated heterocycles. The van der Waals surface area contributed by atoms with E-state index in [4.69, 9.17) is 9.47 Å². The maximum atomic E-state index is 13.7. The molecule has 6 nitrogen and oxygen atoms in total. The molecule has 5 atom stereocenters. The van der Waals surface area contributed by atoms with Crippen molar-refractivity contribution in [2.24, 2.45) is 5.92 Å². The highest BCUT2D eigenvalue weighted by Gasteiger charge is 2.48. The van der Waals surface area contributed by atoms with Gasteiger partial charge in [0.15, 0.2) is 0 Å². The largest absolute Gasteiger partial charge is 0.430 e. The molecule has 1 heterocycles. The Morgan fingerprint density at radius 2 is 1.73 bits per heavy atom. The van der Waals surface area contributed by atoms with Crippen LogP contribution < -0.4 is 0 Å². The summed E-state index contributed by atoms with van der Waals surface area (Å²) in [5.41, 5.74) is 0. The molecule has 8 heteroatoms. The minimum absolute atomic E-state index is 0.0284. The molecule has 150 valence electrons. The monoisotopic (exact) mass is 377 g/mol. The van der Waals surface area contributed by atoms with Gasteiger partial charge in [-0.1, -0.05) is 19.9 Å². The van der Waals surface area contributed by atoms with E-state index in [1.54, 1.807) is 13.8 Å². The Balaban J connectivity index is 2.92. The third-order valence-corrected chi connectivity index (χ3v) is 4.35. The Morgan fingerprint density at radius 3 is 2.19 bits per heavy atom. The predicted octanol–water partition coefficient (Wildman–Crippen LogP) is 2.50. The summed E-state index contributed by atoms with van der Waals surface area (Å²) in [6, 6.07) is -1.90. The fourth-order valence-corrected chi connectivity index (χ4v) is 3.11. The lowest BCUT2D eigenvalue weighted by molar-refractivity contribution is -0.169. The Hall–Kier alpha value is -1.54. The van der Waals surface area contributed by atoms with Crippen LogP contribution in [0.4, 0.5) is 8.78 Å². The summed E-state index contributed by atoms with van der Waals surface area (Å²) in [6.45, 7) is 6.81. The average molecular weight is 377 g/mol. The van der Waals surface area contributed by atoms with E-state index in [2.05, 4.69) is 6.58 Å². The molecule has 0 spiro atoms. The average Bonchev–Trinajstić information content (AvgIpc) is 2.94. The lowest BCUT2D eigenvalue weighted by atomic mass is 9.99. The zero-order valence-electron chi connectivity index (χ0n) is 15.4.